The molecular weight excluding hydrogens is 326 g/mol. The van der Waals surface area contributed by atoms with Crippen molar-refractivity contribution in [3.05, 3.63) is 65.7 Å². The van der Waals surface area contributed by atoms with E-state index >= 15 is 0 Å². The molecule has 1 aromatic carbocycles. The average molecular weight is 349 g/mol. The van der Waals surface area contributed by atoms with Gasteiger partial charge in [0.15, 0.2) is 0 Å². The van der Waals surface area contributed by atoms with Crippen LogP contribution < -0.4 is 0 Å². The molecule has 1 saturated heterocycles. The van der Waals surface area contributed by atoms with Crippen LogP contribution in [0, 0.1) is 13.8 Å². The summed E-state index contributed by atoms with van der Waals surface area (Å²) in [5.74, 6) is 0.0850. The molecule has 0 radical (unpaired) electrons. The molecule has 134 valence electrons. The molecule has 2 aromatic heterocycles. The minimum absolute atomic E-state index is 0.0850. The van der Waals surface area contributed by atoms with Gasteiger partial charge < -0.3 is 4.90 Å². The van der Waals surface area contributed by atoms with Crippen molar-refractivity contribution in [3.8, 4) is 5.69 Å². The van der Waals surface area contributed by atoms with Crippen LogP contribution in [0.25, 0.3) is 5.69 Å². The highest BCUT2D eigenvalue weighted by molar-refractivity contribution is 5.94. The first-order valence-electron chi connectivity index (χ1n) is 9.04. The number of hydrogen-bond donors (Lipinski definition) is 0. The van der Waals surface area contributed by atoms with Crippen molar-refractivity contribution in [1.29, 1.82) is 0 Å². The third-order valence-corrected chi connectivity index (χ3v) is 4.95. The monoisotopic (exact) mass is 349 g/mol. The molecular formula is C20H23N5O. The first-order valence-corrected chi connectivity index (χ1v) is 9.04. The lowest BCUT2D eigenvalue weighted by molar-refractivity contribution is 0.0673. The van der Waals surface area contributed by atoms with Crippen LogP contribution in [-0.2, 0) is 0 Å². The molecule has 0 unspecified atom stereocenters. The van der Waals surface area contributed by atoms with Crippen LogP contribution in [0.15, 0.2) is 48.8 Å². The van der Waals surface area contributed by atoms with Crippen molar-refractivity contribution in [3.63, 3.8) is 0 Å². The van der Waals surface area contributed by atoms with Crippen molar-refractivity contribution >= 4 is 5.91 Å². The molecule has 6 heteroatoms. The number of benzene rings is 1. The van der Waals surface area contributed by atoms with Gasteiger partial charge in [0.2, 0.25) is 0 Å². The Labute approximate surface area is 153 Å². The molecule has 1 amide bonds. The first-order chi connectivity index (χ1) is 12.6. The van der Waals surface area contributed by atoms with Crippen LogP contribution in [0.4, 0.5) is 0 Å². The lowest BCUT2D eigenvalue weighted by atomic mass is 10.0. The molecule has 3 aromatic rings. The molecule has 3 heterocycles. The SMILES string of the molecule is Cc1cc(C)n(-c2ccc(C(=O)N3CCC[C@@H](n4cccn4)C3)cc2)n1. The molecule has 1 aliphatic rings. The lowest BCUT2D eigenvalue weighted by Crippen LogP contribution is -2.40. The Kier molecular flexibility index (Phi) is 4.32. The number of hydrogen-bond acceptors (Lipinski definition) is 3. The summed E-state index contributed by atoms with van der Waals surface area (Å²) in [5.41, 5.74) is 3.76. The molecule has 6 nitrogen and oxygen atoms in total. The van der Waals surface area contributed by atoms with E-state index in [2.05, 4.69) is 10.2 Å². The van der Waals surface area contributed by atoms with Gasteiger partial charge in [-0.3, -0.25) is 9.48 Å². The summed E-state index contributed by atoms with van der Waals surface area (Å²) in [4.78, 5) is 14.8. The number of rotatable bonds is 3. The van der Waals surface area contributed by atoms with E-state index in [1.54, 1.807) is 6.20 Å². The van der Waals surface area contributed by atoms with Gasteiger partial charge in [0.05, 0.1) is 17.4 Å². The normalized spacial score (nSPS) is 17.5. The standard InChI is InChI=1S/C20H23N5O/c1-15-13-16(2)25(22-15)18-8-6-17(7-9-18)20(26)23-11-3-5-19(14-23)24-12-4-10-21-24/h4,6-10,12-13,19H,3,5,11,14H2,1-2H3/t19-/m1/s1. The largest absolute Gasteiger partial charge is 0.337 e. The summed E-state index contributed by atoms with van der Waals surface area (Å²) in [7, 11) is 0. The first kappa shape index (κ1) is 16.6. The van der Waals surface area contributed by atoms with E-state index in [9.17, 15) is 4.79 Å². The molecule has 0 spiro atoms. The van der Waals surface area contributed by atoms with Crippen molar-refractivity contribution in [2.75, 3.05) is 13.1 Å². The second-order valence-corrected chi connectivity index (χ2v) is 6.92. The van der Waals surface area contributed by atoms with Crippen molar-refractivity contribution in [2.45, 2.75) is 32.7 Å². The van der Waals surface area contributed by atoms with Gasteiger partial charge in [0.25, 0.3) is 5.91 Å². The number of likely N-dealkylation sites (tertiary alicyclic amines) is 1. The number of aryl methyl sites for hydroxylation is 2. The van der Waals surface area contributed by atoms with Crippen molar-refractivity contribution in [2.24, 2.45) is 0 Å². The van der Waals surface area contributed by atoms with Crippen molar-refractivity contribution in [1.82, 2.24) is 24.5 Å². The zero-order valence-electron chi connectivity index (χ0n) is 15.2. The number of amides is 1. The molecule has 1 aliphatic heterocycles. The summed E-state index contributed by atoms with van der Waals surface area (Å²) >= 11 is 0. The Morgan fingerprint density at radius 2 is 2.00 bits per heavy atom. The number of nitrogens with zero attached hydrogens (tertiary/aromatic N) is 5. The van der Waals surface area contributed by atoms with Gasteiger partial charge in [-0.15, -0.1) is 0 Å². The Bertz CT molecular complexity index is 895. The number of aromatic nitrogens is 4. The summed E-state index contributed by atoms with van der Waals surface area (Å²) < 4.78 is 3.86. The van der Waals surface area contributed by atoms with Gasteiger partial charge in [-0.1, -0.05) is 0 Å². The Morgan fingerprint density at radius 1 is 1.19 bits per heavy atom. The number of carbonyl (C=O) groups excluding carboxylic acids is 1. The predicted octanol–water partition coefficient (Wildman–Crippen LogP) is 3.16. The van der Waals surface area contributed by atoms with E-state index in [-0.39, 0.29) is 11.9 Å². The third-order valence-electron chi connectivity index (χ3n) is 4.95. The highest BCUT2D eigenvalue weighted by atomic mass is 16.2. The number of piperidine rings is 1. The van der Waals surface area contributed by atoms with Crippen LogP contribution in [0.3, 0.4) is 0 Å². The fourth-order valence-corrected chi connectivity index (χ4v) is 3.67. The second-order valence-electron chi connectivity index (χ2n) is 6.92. The minimum atomic E-state index is 0.0850. The maximum absolute atomic E-state index is 12.9. The van der Waals surface area contributed by atoms with Gasteiger partial charge in [0.1, 0.15) is 0 Å². The highest BCUT2D eigenvalue weighted by Crippen LogP contribution is 2.22. The van der Waals surface area contributed by atoms with Crippen LogP contribution in [0.5, 0.6) is 0 Å². The van der Waals surface area contributed by atoms with Gasteiger partial charge in [0, 0.05) is 36.7 Å². The van der Waals surface area contributed by atoms with Crippen LogP contribution in [0.2, 0.25) is 0 Å². The van der Waals surface area contributed by atoms with Gasteiger partial charge in [-0.25, -0.2) is 4.68 Å². The molecule has 0 saturated carbocycles. The summed E-state index contributed by atoms with van der Waals surface area (Å²) in [6.07, 6.45) is 5.82. The fourth-order valence-electron chi connectivity index (χ4n) is 3.67. The Hall–Kier alpha value is -2.89. The minimum Gasteiger partial charge on any atom is -0.337 e. The zero-order valence-corrected chi connectivity index (χ0v) is 15.2. The van der Waals surface area contributed by atoms with Gasteiger partial charge >= 0.3 is 0 Å². The summed E-state index contributed by atoms with van der Waals surface area (Å²) in [6, 6.07) is 11.9. The van der Waals surface area contributed by atoms with Gasteiger partial charge in [-0.2, -0.15) is 10.2 Å². The highest BCUT2D eigenvalue weighted by Gasteiger charge is 2.25. The quantitative estimate of drug-likeness (QED) is 0.730. The van der Waals surface area contributed by atoms with Crippen LogP contribution in [0.1, 0.15) is 40.6 Å². The van der Waals surface area contributed by atoms with E-state index in [4.69, 9.17) is 0 Å². The van der Waals surface area contributed by atoms with E-state index in [1.807, 2.05) is 70.7 Å². The van der Waals surface area contributed by atoms with E-state index in [0.29, 0.717) is 6.54 Å². The lowest BCUT2D eigenvalue weighted by Gasteiger charge is -2.33. The van der Waals surface area contributed by atoms with Crippen LogP contribution >= 0.6 is 0 Å². The molecule has 4 rings (SSSR count). The fraction of sp³-hybridized carbons (Fsp3) is 0.350. The van der Waals surface area contributed by atoms with Crippen LogP contribution in [-0.4, -0.2) is 43.5 Å². The Morgan fingerprint density at radius 3 is 2.65 bits per heavy atom. The molecule has 26 heavy (non-hydrogen) atoms. The molecule has 0 bridgehead atoms. The topological polar surface area (TPSA) is 56.0 Å². The van der Waals surface area contributed by atoms with E-state index in [1.165, 1.54) is 0 Å². The number of carbonyl (C=O) groups is 1. The summed E-state index contributed by atoms with van der Waals surface area (Å²) in [5, 5.41) is 8.83. The molecule has 1 atom stereocenters. The Balaban J connectivity index is 1.50. The molecule has 0 N–H and O–H groups in total. The molecule has 0 aliphatic carbocycles. The smallest absolute Gasteiger partial charge is 0.253 e. The molecule has 1 fully saturated rings. The predicted molar refractivity (Wildman–Crippen MR) is 99.4 cm³/mol. The van der Waals surface area contributed by atoms with Crippen molar-refractivity contribution < 1.29 is 4.79 Å². The average Bonchev–Trinajstić information content (AvgIpc) is 3.31. The maximum Gasteiger partial charge on any atom is 0.253 e. The van der Waals surface area contributed by atoms with Gasteiger partial charge in [-0.05, 0) is 63.1 Å². The van der Waals surface area contributed by atoms with E-state index < -0.39 is 0 Å². The second kappa shape index (κ2) is 6.78. The summed E-state index contributed by atoms with van der Waals surface area (Å²) in [6.45, 7) is 5.52. The third kappa shape index (κ3) is 3.14. The van der Waals surface area contributed by atoms with E-state index in [0.717, 1.165) is 42.0 Å². The maximum atomic E-state index is 12.9. The zero-order chi connectivity index (χ0) is 18.1.